The molecule has 12 nitrogen and oxygen atoms in total. The maximum atomic E-state index is 11.9. The molecule has 38 heavy (non-hydrogen) atoms. The standard InChI is InChI=1S/C26H24O12/c1-33-21-13-17(15-27)3-5-19(21)37-25(31)9-11-35-23(29)7-8-24(30)36-12-10-26(32)38-20-6-4-18(16-28)14-22(20)34-2/h3-8,13-16H,9-12H2,1-2H3/b8-7+. The molecular weight excluding hydrogens is 504 g/mol. The number of ether oxygens (including phenoxy) is 6. The number of methoxy groups -OCH3 is 2. The molecule has 0 atom stereocenters. The second-order valence-electron chi connectivity index (χ2n) is 7.17. The Balaban J connectivity index is 1.68. The van der Waals surface area contributed by atoms with Crippen molar-refractivity contribution in [2.45, 2.75) is 12.8 Å². The lowest BCUT2D eigenvalue weighted by molar-refractivity contribution is -0.144. The number of benzene rings is 2. The van der Waals surface area contributed by atoms with Gasteiger partial charge in [0.1, 0.15) is 25.8 Å². The van der Waals surface area contributed by atoms with E-state index >= 15 is 0 Å². The molecule has 0 saturated heterocycles. The smallest absolute Gasteiger partial charge is 0.331 e. The lowest BCUT2D eigenvalue weighted by Crippen LogP contribution is -2.14. The van der Waals surface area contributed by atoms with E-state index in [-0.39, 0.29) is 49.1 Å². The van der Waals surface area contributed by atoms with Gasteiger partial charge in [-0.25, -0.2) is 9.59 Å². The van der Waals surface area contributed by atoms with E-state index in [4.69, 9.17) is 28.4 Å². The average molecular weight is 528 g/mol. The van der Waals surface area contributed by atoms with Gasteiger partial charge in [-0.1, -0.05) is 0 Å². The largest absolute Gasteiger partial charge is 0.493 e. The molecule has 2 rings (SSSR count). The van der Waals surface area contributed by atoms with Crippen molar-refractivity contribution in [1.29, 1.82) is 0 Å². The van der Waals surface area contributed by atoms with Crippen molar-refractivity contribution in [3.63, 3.8) is 0 Å². The molecule has 2 aromatic rings. The van der Waals surface area contributed by atoms with Gasteiger partial charge in [-0.15, -0.1) is 0 Å². The summed E-state index contributed by atoms with van der Waals surface area (Å²) in [5, 5.41) is 0. The Morgan fingerprint density at radius 2 is 1.03 bits per heavy atom. The summed E-state index contributed by atoms with van der Waals surface area (Å²) in [6, 6.07) is 8.46. The third kappa shape index (κ3) is 9.57. The molecular formula is C26H24O12. The Labute approximate surface area is 217 Å². The molecule has 0 bridgehead atoms. The number of rotatable bonds is 14. The van der Waals surface area contributed by atoms with Crippen molar-refractivity contribution in [2.24, 2.45) is 0 Å². The first-order valence-corrected chi connectivity index (χ1v) is 11.0. The van der Waals surface area contributed by atoms with E-state index < -0.39 is 23.9 Å². The third-order valence-electron chi connectivity index (χ3n) is 4.55. The van der Waals surface area contributed by atoms with Crippen molar-refractivity contribution in [3.8, 4) is 23.0 Å². The van der Waals surface area contributed by atoms with Crippen LogP contribution in [-0.4, -0.2) is 63.9 Å². The number of carbonyl (C=O) groups is 6. The maximum absolute atomic E-state index is 11.9. The van der Waals surface area contributed by atoms with Crippen molar-refractivity contribution < 1.29 is 57.2 Å². The highest BCUT2D eigenvalue weighted by Gasteiger charge is 2.13. The molecule has 0 heterocycles. The Morgan fingerprint density at radius 3 is 1.37 bits per heavy atom. The third-order valence-corrected chi connectivity index (χ3v) is 4.55. The van der Waals surface area contributed by atoms with Gasteiger partial charge in [0.05, 0.1) is 27.1 Å². The average Bonchev–Trinajstić information content (AvgIpc) is 2.92. The van der Waals surface area contributed by atoms with E-state index in [0.717, 1.165) is 12.2 Å². The van der Waals surface area contributed by atoms with Gasteiger partial charge in [0.25, 0.3) is 0 Å². The van der Waals surface area contributed by atoms with Gasteiger partial charge >= 0.3 is 23.9 Å². The minimum Gasteiger partial charge on any atom is -0.493 e. The van der Waals surface area contributed by atoms with E-state index in [1.807, 2.05) is 0 Å². The predicted octanol–water partition coefficient (Wildman–Crippen LogP) is 2.26. The van der Waals surface area contributed by atoms with Crippen LogP contribution in [0.2, 0.25) is 0 Å². The zero-order chi connectivity index (χ0) is 27.9. The fourth-order valence-corrected chi connectivity index (χ4v) is 2.73. The van der Waals surface area contributed by atoms with E-state index in [9.17, 15) is 28.8 Å². The molecule has 0 fully saturated rings. The van der Waals surface area contributed by atoms with Crippen molar-refractivity contribution in [2.75, 3.05) is 27.4 Å². The second-order valence-corrected chi connectivity index (χ2v) is 7.17. The molecule has 0 aliphatic rings. The van der Waals surface area contributed by atoms with Gasteiger partial charge in [0, 0.05) is 23.3 Å². The predicted molar refractivity (Wildman–Crippen MR) is 128 cm³/mol. The second kappa shape index (κ2) is 15.2. The normalized spacial score (nSPS) is 10.3. The van der Waals surface area contributed by atoms with Crippen LogP contribution in [0.4, 0.5) is 0 Å². The summed E-state index contributed by atoms with van der Waals surface area (Å²) in [7, 11) is 2.69. The Kier molecular flexibility index (Phi) is 11.7. The van der Waals surface area contributed by atoms with Crippen molar-refractivity contribution in [3.05, 3.63) is 59.7 Å². The topological polar surface area (TPSA) is 158 Å². The summed E-state index contributed by atoms with van der Waals surface area (Å²) in [6.07, 6.45) is 2.25. The Morgan fingerprint density at radius 1 is 0.632 bits per heavy atom. The van der Waals surface area contributed by atoms with Gasteiger partial charge in [-0.05, 0) is 36.4 Å². The fourth-order valence-electron chi connectivity index (χ4n) is 2.73. The van der Waals surface area contributed by atoms with Crippen molar-refractivity contribution in [1.82, 2.24) is 0 Å². The van der Waals surface area contributed by atoms with Crippen LogP contribution in [0.3, 0.4) is 0 Å². The summed E-state index contributed by atoms with van der Waals surface area (Å²) in [5.41, 5.74) is 0.674. The fraction of sp³-hybridized carbons (Fsp3) is 0.231. The summed E-state index contributed by atoms with van der Waals surface area (Å²) >= 11 is 0. The first-order valence-electron chi connectivity index (χ1n) is 11.0. The molecule has 12 heteroatoms. The number of carbonyl (C=O) groups excluding carboxylic acids is 6. The minimum atomic E-state index is -0.909. The van der Waals surface area contributed by atoms with Gasteiger partial charge in [0.2, 0.25) is 0 Å². The van der Waals surface area contributed by atoms with Crippen LogP contribution in [0.15, 0.2) is 48.6 Å². The van der Waals surface area contributed by atoms with Crippen molar-refractivity contribution >= 4 is 36.4 Å². The van der Waals surface area contributed by atoms with E-state index in [0.29, 0.717) is 23.7 Å². The van der Waals surface area contributed by atoms with Crippen LogP contribution in [0.1, 0.15) is 33.6 Å². The van der Waals surface area contributed by atoms with Crippen LogP contribution in [0, 0.1) is 0 Å². The lowest BCUT2D eigenvalue weighted by Gasteiger charge is -2.09. The summed E-state index contributed by atoms with van der Waals surface area (Å²) in [5.74, 6) is -2.71. The molecule has 0 aromatic heterocycles. The zero-order valence-electron chi connectivity index (χ0n) is 20.5. The lowest BCUT2D eigenvalue weighted by atomic mass is 10.2. The van der Waals surface area contributed by atoms with Crippen LogP contribution in [-0.2, 0) is 28.7 Å². The highest BCUT2D eigenvalue weighted by atomic mass is 16.6. The molecule has 2 aromatic carbocycles. The molecule has 0 saturated carbocycles. The highest BCUT2D eigenvalue weighted by molar-refractivity contribution is 5.91. The Bertz CT molecular complexity index is 1120. The summed E-state index contributed by atoms with van der Waals surface area (Å²) < 4.78 is 30.0. The van der Waals surface area contributed by atoms with Gasteiger partial charge in [0.15, 0.2) is 23.0 Å². The Hall–Kier alpha value is -5.00. The van der Waals surface area contributed by atoms with Crippen LogP contribution in [0.25, 0.3) is 0 Å². The van der Waals surface area contributed by atoms with Gasteiger partial charge in [-0.2, -0.15) is 0 Å². The molecule has 0 aliphatic carbocycles. The molecule has 200 valence electrons. The summed E-state index contributed by atoms with van der Waals surface area (Å²) in [4.78, 5) is 69.0. The van der Waals surface area contributed by atoms with Crippen LogP contribution < -0.4 is 18.9 Å². The molecule has 0 amide bonds. The monoisotopic (exact) mass is 528 g/mol. The molecule has 0 radical (unpaired) electrons. The SMILES string of the molecule is COc1cc(C=O)ccc1OC(=O)CCOC(=O)/C=C/C(=O)OCCC(=O)Oc1ccc(C=O)cc1OC. The molecule has 0 N–H and O–H groups in total. The number of esters is 4. The van der Waals surface area contributed by atoms with Gasteiger partial charge < -0.3 is 28.4 Å². The van der Waals surface area contributed by atoms with E-state index in [1.165, 1.54) is 50.6 Å². The molecule has 0 spiro atoms. The highest BCUT2D eigenvalue weighted by Crippen LogP contribution is 2.28. The number of hydrogen-bond acceptors (Lipinski definition) is 12. The zero-order valence-corrected chi connectivity index (χ0v) is 20.5. The van der Waals surface area contributed by atoms with E-state index in [1.54, 1.807) is 0 Å². The first-order chi connectivity index (χ1) is 18.3. The minimum absolute atomic E-state index is 0.0934. The quantitative estimate of drug-likeness (QED) is 0.153. The summed E-state index contributed by atoms with van der Waals surface area (Å²) in [6.45, 7) is -0.649. The molecule has 0 aliphatic heterocycles. The number of aldehydes is 2. The van der Waals surface area contributed by atoms with E-state index in [2.05, 4.69) is 0 Å². The molecule has 0 unspecified atom stereocenters. The van der Waals surface area contributed by atoms with Gasteiger partial charge in [-0.3, -0.25) is 19.2 Å². The number of hydrogen-bond donors (Lipinski definition) is 0. The van der Waals surface area contributed by atoms with Crippen LogP contribution in [0.5, 0.6) is 23.0 Å². The maximum Gasteiger partial charge on any atom is 0.331 e. The first kappa shape index (κ1) is 29.2. The van der Waals surface area contributed by atoms with Crippen LogP contribution >= 0.6 is 0 Å².